The van der Waals surface area contributed by atoms with Gasteiger partial charge in [-0.25, -0.2) is 4.39 Å². The van der Waals surface area contributed by atoms with Crippen molar-refractivity contribution in [2.24, 2.45) is 0 Å². The van der Waals surface area contributed by atoms with Gasteiger partial charge in [-0.05, 0) is 19.2 Å². The smallest absolute Gasteiger partial charge is 0.257 e. The molecule has 0 radical (unpaired) electrons. The molecule has 8 heteroatoms. The lowest BCUT2D eigenvalue weighted by atomic mass is 10.1. The van der Waals surface area contributed by atoms with Crippen LogP contribution >= 0.6 is 0 Å². The lowest BCUT2D eigenvalue weighted by molar-refractivity contribution is 0.0676. The van der Waals surface area contributed by atoms with E-state index in [0.29, 0.717) is 24.7 Å². The van der Waals surface area contributed by atoms with Gasteiger partial charge in [0.1, 0.15) is 11.5 Å². The summed E-state index contributed by atoms with van der Waals surface area (Å²) in [7, 11) is 3.67. The Morgan fingerprint density at radius 1 is 1.09 bits per heavy atom. The number of rotatable bonds is 8. The Labute approximate surface area is 193 Å². The minimum absolute atomic E-state index is 0.0347. The zero-order chi connectivity index (χ0) is 23.2. The van der Waals surface area contributed by atoms with Crippen molar-refractivity contribution in [3.05, 3.63) is 71.5 Å². The first-order valence-electron chi connectivity index (χ1n) is 11.1. The van der Waals surface area contributed by atoms with E-state index in [9.17, 15) is 9.18 Å². The number of piperazine rings is 1. The summed E-state index contributed by atoms with van der Waals surface area (Å²) in [6.45, 7) is 4.27. The Bertz CT molecular complexity index is 1060. The maximum absolute atomic E-state index is 14.4. The molecule has 3 aromatic rings. The molecule has 4 rings (SSSR count). The van der Waals surface area contributed by atoms with E-state index in [1.54, 1.807) is 24.1 Å². The molecule has 0 saturated carbocycles. The number of methoxy groups -OCH3 is 1. The summed E-state index contributed by atoms with van der Waals surface area (Å²) in [5, 5.41) is 4.39. The molecule has 0 bridgehead atoms. The lowest BCUT2D eigenvalue weighted by Crippen LogP contribution is -2.45. The molecule has 0 unspecified atom stereocenters. The van der Waals surface area contributed by atoms with Crippen molar-refractivity contribution >= 4 is 11.8 Å². The zero-order valence-corrected chi connectivity index (χ0v) is 19.0. The van der Waals surface area contributed by atoms with Crippen LogP contribution in [0.25, 0.3) is 11.3 Å². The van der Waals surface area contributed by atoms with Gasteiger partial charge in [-0.3, -0.25) is 4.79 Å². The molecule has 1 amide bonds. The van der Waals surface area contributed by atoms with Crippen molar-refractivity contribution in [2.45, 2.75) is 6.54 Å². The fraction of sp³-hybridized carbons (Fsp3) is 0.360. The number of anilines is 1. The van der Waals surface area contributed by atoms with Crippen LogP contribution in [0, 0.1) is 5.82 Å². The molecule has 174 valence electrons. The Morgan fingerprint density at radius 3 is 2.48 bits per heavy atom. The quantitative estimate of drug-likeness (QED) is 0.521. The molecule has 0 N–H and O–H groups in total. The fourth-order valence-corrected chi connectivity index (χ4v) is 3.97. The summed E-state index contributed by atoms with van der Waals surface area (Å²) in [5.41, 5.74) is 2.44. The molecular weight excluding hydrogens is 423 g/mol. The van der Waals surface area contributed by atoms with E-state index in [0.717, 1.165) is 37.3 Å². The number of nitrogens with zero attached hydrogens (tertiary/aromatic N) is 4. The Balaban J connectivity index is 1.71. The molecule has 1 aliphatic rings. The second-order valence-electron chi connectivity index (χ2n) is 8.17. The molecule has 1 aliphatic heterocycles. The Hall–Kier alpha value is -3.23. The maximum Gasteiger partial charge on any atom is 0.257 e. The number of amides is 1. The Morgan fingerprint density at radius 2 is 1.79 bits per heavy atom. The first-order valence-corrected chi connectivity index (χ1v) is 11.1. The number of hydrogen-bond acceptors (Lipinski definition) is 6. The number of aromatic nitrogens is 1. The first-order chi connectivity index (χ1) is 16.1. The van der Waals surface area contributed by atoms with E-state index in [4.69, 9.17) is 9.26 Å². The molecule has 2 heterocycles. The molecule has 0 atom stereocenters. The number of ether oxygens (including phenoxy) is 1. The van der Waals surface area contributed by atoms with Gasteiger partial charge in [0.25, 0.3) is 5.91 Å². The standard InChI is InChI=1S/C25H29FN4O3/c1-28-12-14-29(15-13-28)25-21(23(27-33-25)19-8-4-3-5-9-19)18-30(16-17-32-2)24(31)20-10-6-7-11-22(20)26/h3-11H,12-18H2,1-2H3. The van der Waals surface area contributed by atoms with Crippen molar-refractivity contribution in [3.63, 3.8) is 0 Å². The summed E-state index contributed by atoms with van der Waals surface area (Å²) < 4.78 is 25.5. The summed E-state index contributed by atoms with van der Waals surface area (Å²) in [6, 6.07) is 15.8. The average molecular weight is 453 g/mol. The second-order valence-corrected chi connectivity index (χ2v) is 8.17. The van der Waals surface area contributed by atoms with Gasteiger partial charge >= 0.3 is 0 Å². The molecular formula is C25H29FN4O3. The van der Waals surface area contributed by atoms with Crippen LogP contribution in [0.1, 0.15) is 15.9 Å². The van der Waals surface area contributed by atoms with E-state index in [2.05, 4.69) is 22.0 Å². The highest BCUT2D eigenvalue weighted by Crippen LogP contribution is 2.33. The molecule has 0 spiro atoms. The number of halogens is 1. The van der Waals surface area contributed by atoms with Crippen molar-refractivity contribution in [2.75, 3.05) is 58.4 Å². The Kier molecular flexibility index (Phi) is 7.36. The minimum Gasteiger partial charge on any atom is -0.383 e. The van der Waals surface area contributed by atoms with E-state index in [1.807, 2.05) is 30.3 Å². The van der Waals surface area contributed by atoms with Crippen LogP contribution in [0.4, 0.5) is 10.3 Å². The van der Waals surface area contributed by atoms with Gasteiger partial charge in [0.05, 0.1) is 24.3 Å². The van der Waals surface area contributed by atoms with Gasteiger partial charge in [-0.15, -0.1) is 0 Å². The van der Waals surface area contributed by atoms with Crippen LogP contribution in [-0.2, 0) is 11.3 Å². The summed E-state index contributed by atoms with van der Waals surface area (Å²) >= 11 is 0. The monoisotopic (exact) mass is 452 g/mol. The van der Waals surface area contributed by atoms with Crippen molar-refractivity contribution < 1.29 is 18.4 Å². The van der Waals surface area contributed by atoms with Gasteiger partial charge in [-0.2, -0.15) is 0 Å². The zero-order valence-electron chi connectivity index (χ0n) is 19.0. The number of carbonyl (C=O) groups excluding carboxylic acids is 1. The average Bonchev–Trinajstić information content (AvgIpc) is 3.26. The van der Waals surface area contributed by atoms with Crippen LogP contribution in [-0.4, -0.2) is 74.4 Å². The molecule has 1 fully saturated rings. The number of benzene rings is 2. The fourth-order valence-electron chi connectivity index (χ4n) is 3.97. The topological polar surface area (TPSA) is 62.1 Å². The maximum atomic E-state index is 14.4. The van der Waals surface area contributed by atoms with Gasteiger partial charge in [-0.1, -0.05) is 47.6 Å². The largest absolute Gasteiger partial charge is 0.383 e. The first kappa shape index (κ1) is 22.9. The van der Waals surface area contributed by atoms with Crippen LogP contribution < -0.4 is 4.90 Å². The van der Waals surface area contributed by atoms with Crippen molar-refractivity contribution in [1.29, 1.82) is 0 Å². The third-order valence-electron chi connectivity index (χ3n) is 5.91. The van der Waals surface area contributed by atoms with Crippen molar-refractivity contribution in [3.8, 4) is 11.3 Å². The van der Waals surface area contributed by atoms with Crippen LogP contribution in [0.3, 0.4) is 0 Å². The molecule has 33 heavy (non-hydrogen) atoms. The number of carbonyl (C=O) groups is 1. The number of likely N-dealkylation sites (N-methyl/N-ethyl adjacent to an activating group) is 1. The minimum atomic E-state index is -0.544. The molecule has 1 aromatic heterocycles. The second kappa shape index (κ2) is 10.6. The van der Waals surface area contributed by atoms with E-state index < -0.39 is 11.7 Å². The van der Waals surface area contributed by atoms with Gasteiger partial charge < -0.3 is 24.0 Å². The summed E-state index contributed by atoms with van der Waals surface area (Å²) in [5.74, 6) is -0.279. The van der Waals surface area contributed by atoms with Gasteiger partial charge in [0.2, 0.25) is 5.88 Å². The summed E-state index contributed by atoms with van der Waals surface area (Å²) in [6.07, 6.45) is 0. The van der Waals surface area contributed by atoms with E-state index in [-0.39, 0.29) is 12.1 Å². The van der Waals surface area contributed by atoms with Gasteiger partial charge in [0, 0.05) is 45.4 Å². The molecule has 7 nitrogen and oxygen atoms in total. The van der Waals surface area contributed by atoms with Crippen LogP contribution in [0.5, 0.6) is 0 Å². The SMILES string of the molecule is COCCN(Cc1c(-c2ccccc2)noc1N1CCN(C)CC1)C(=O)c1ccccc1F. The normalized spacial score (nSPS) is 14.5. The summed E-state index contributed by atoms with van der Waals surface area (Å²) in [4.78, 5) is 19.4. The lowest BCUT2D eigenvalue weighted by Gasteiger charge is -2.33. The molecule has 0 aliphatic carbocycles. The van der Waals surface area contributed by atoms with Crippen LogP contribution in [0.15, 0.2) is 59.1 Å². The predicted octanol–water partition coefficient (Wildman–Crippen LogP) is 3.52. The van der Waals surface area contributed by atoms with Gasteiger partial charge in [0.15, 0.2) is 0 Å². The van der Waals surface area contributed by atoms with Crippen LogP contribution in [0.2, 0.25) is 0 Å². The molecule has 2 aromatic carbocycles. The van der Waals surface area contributed by atoms with E-state index in [1.165, 1.54) is 12.1 Å². The highest BCUT2D eigenvalue weighted by atomic mass is 19.1. The van der Waals surface area contributed by atoms with E-state index >= 15 is 0 Å². The highest BCUT2D eigenvalue weighted by molar-refractivity contribution is 5.94. The van der Waals surface area contributed by atoms with Crippen molar-refractivity contribution in [1.82, 2.24) is 15.0 Å². The predicted molar refractivity (Wildman–Crippen MR) is 125 cm³/mol. The third kappa shape index (κ3) is 5.23. The molecule has 1 saturated heterocycles. The number of hydrogen-bond donors (Lipinski definition) is 0. The third-order valence-corrected chi connectivity index (χ3v) is 5.91. The highest BCUT2D eigenvalue weighted by Gasteiger charge is 2.28.